The number of hydrogen-bond donors (Lipinski definition) is 3. The quantitative estimate of drug-likeness (QED) is 0.746. The van der Waals surface area contributed by atoms with Gasteiger partial charge in [-0.05, 0) is 19.1 Å². The number of aromatic carboxylic acids is 1. The summed E-state index contributed by atoms with van der Waals surface area (Å²) in [6, 6.07) is 7.64. The average molecular weight is 298 g/mol. The van der Waals surface area contributed by atoms with Crippen LogP contribution in [0.2, 0.25) is 0 Å². The van der Waals surface area contributed by atoms with Crippen LogP contribution < -0.4 is 5.56 Å². The van der Waals surface area contributed by atoms with E-state index in [0.717, 1.165) is 0 Å². The van der Waals surface area contributed by atoms with Crippen LogP contribution in [0.3, 0.4) is 0 Å². The van der Waals surface area contributed by atoms with Gasteiger partial charge >= 0.3 is 5.97 Å². The molecule has 8 heteroatoms. The Labute approximate surface area is 124 Å². The first-order chi connectivity index (χ1) is 10.5. The second-order valence-corrected chi connectivity index (χ2v) is 4.29. The van der Waals surface area contributed by atoms with Crippen LogP contribution in [0, 0.1) is 18.3 Å². The molecular formula is C14H10N4O4. The van der Waals surface area contributed by atoms with Gasteiger partial charge in [0.2, 0.25) is 5.88 Å². The summed E-state index contributed by atoms with van der Waals surface area (Å²) in [5, 5.41) is 34.9. The third-order valence-corrected chi connectivity index (χ3v) is 2.92. The van der Waals surface area contributed by atoms with Gasteiger partial charge in [0, 0.05) is 5.56 Å². The van der Waals surface area contributed by atoms with Crippen LogP contribution in [0.1, 0.15) is 21.5 Å². The summed E-state index contributed by atoms with van der Waals surface area (Å²) < 4.78 is 0. The highest BCUT2D eigenvalue weighted by molar-refractivity contribution is 5.93. The highest BCUT2D eigenvalue weighted by Crippen LogP contribution is 2.25. The Kier molecular flexibility index (Phi) is 3.99. The van der Waals surface area contributed by atoms with Crippen molar-refractivity contribution in [3.05, 3.63) is 51.3 Å². The number of aromatic hydroxyl groups is 1. The lowest BCUT2D eigenvalue weighted by molar-refractivity contribution is 0.0697. The minimum absolute atomic E-state index is 0.0698. The number of rotatable bonds is 3. The van der Waals surface area contributed by atoms with Crippen LogP contribution >= 0.6 is 0 Å². The van der Waals surface area contributed by atoms with Gasteiger partial charge in [-0.25, -0.2) is 4.79 Å². The third kappa shape index (κ3) is 2.69. The van der Waals surface area contributed by atoms with Gasteiger partial charge in [-0.3, -0.25) is 9.78 Å². The largest absolute Gasteiger partial charge is 0.494 e. The number of aromatic amines is 1. The molecule has 1 aromatic heterocycles. The lowest BCUT2D eigenvalue weighted by Gasteiger charge is -2.03. The molecule has 0 unspecified atom stereocenters. The van der Waals surface area contributed by atoms with Crippen molar-refractivity contribution in [3.63, 3.8) is 0 Å². The van der Waals surface area contributed by atoms with Gasteiger partial charge in [0.05, 0.1) is 5.56 Å². The maximum atomic E-state index is 11.8. The van der Waals surface area contributed by atoms with Gasteiger partial charge in [0.15, 0.2) is 5.69 Å². The Morgan fingerprint density at radius 1 is 1.32 bits per heavy atom. The van der Waals surface area contributed by atoms with E-state index in [0.29, 0.717) is 0 Å². The topological polar surface area (TPSA) is 139 Å². The first-order valence-electron chi connectivity index (χ1n) is 6.05. The van der Waals surface area contributed by atoms with Crippen molar-refractivity contribution in [1.82, 2.24) is 4.98 Å². The van der Waals surface area contributed by atoms with E-state index in [9.17, 15) is 14.7 Å². The SMILES string of the molecule is Cc1c(C#N)c(O)[nH]c(=O)c1N=Nc1ccccc1C(=O)O. The number of carboxylic acid groups (broad SMARTS) is 1. The summed E-state index contributed by atoms with van der Waals surface area (Å²) in [5.41, 5.74) is -0.875. The molecule has 110 valence electrons. The van der Waals surface area contributed by atoms with Crippen LogP contribution in [-0.4, -0.2) is 21.2 Å². The average Bonchev–Trinajstić information content (AvgIpc) is 2.47. The maximum absolute atomic E-state index is 11.8. The molecule has 1 aromatic carbocycles. The highest BCUT2D eigenvalue weighted by atomic mass is 16.4. The summed E-state index contributed by atoms with van der Waals surface area (Å²) in [6.45, 7) is 1.44. The van der Waals surface area contributed by atoms with Gasteiger partial charge in [0.1, 0.15) is 17.3 Å². The maximum Gasteiger partial charge on any atom is 0.337 e. The van der Waals surface area contributed by atoms with Crippen LogP contribution in [0.15, 0.2) is 39.3 Å². The number of aromatic nitrogens is 1. The smallest absolute Gasteiger partial charge is 0.337 e. The second-order valence-electron chi connectivity index (χ2n) is 4.29. The second kappa shape index (κ2) is 5.88. The summed E-state index contributed by atoms with van der Waals surface area (Å²) in [7, 11) is 0. The van der Waals surface area contributed by atoms with Crippen molar-refractivity contribution in [1.29, 1.82) is 5.26 Å². The number of carboxylic acids is 1. The zero-order valence-electron chi connectivity index (χ0n) is 11.4. The minimum atomic E-state index is -1.18. The van der Waals surface area contributed by atoms with E-state index in [4.69, 9.17) is 10.4 Å². The molecule has 0 spiro atoms. The van der Waals surface area contributed by atoms with E-state index in [1.165, 1.54) is 25.1 Å². The van der Waals surface area contributed by atoms with Crippen LogP contribution in [0.5, 0.6) is 5.88 Å². The molecule has 1 heterocycles. The van der Waals surface area contributed by atoms with E-state index in [2.05, 4.69) is 15.2 Å². The van der Waals surface area contributed by atoms with Crippen molar-refractivity contribution in [2.75, 3.05) is 0 Å². The summed E-state index contributed by atoms with van der Waals surface area (Å²) >= 11 is 0. The van der Waals surface area contributed by atoms with Gasteiger partial charge < -0.3 is 10.2 Å². The number of azo groups is 1. The molecule has 2 aromatic rings. The van der Waals surface area contributed by atoms with Crippen LogP contribution in [-0.2, 0) is 0 Å². The number of benzene rings is 1. The normalized spacial score (nSPS) is 10.5. The molecule has 0 amide bonds. The van der Waals surface area contributed by atoms with Crippen molar-refractivity contribution >= 4 is 17.3 Å². The van der Waals surface area contributed by atoms with Gasteiger partial charge in [-0.2, -0.15) is 5.26 Å². The van der Waals surface area contributed by atoms with Crippen molar-refractivity contribution in [2.45, 2.75) is 6.92 Å². The predicted octanol–water partition coefficient (Wildman–Crippen LogP) is 2.37. The highest BCUT2D eigenvalue weighted by Gasteiger charge is 2.14. The molecule has 0 radical (unpaired) electrons. The van der Waals surface area contributed by atoms with E-state index in [-0.39, 0.29) is 28.1 Å². The Hall–Kier alpha value is -3.47. The van der Waals surface area contributed by atoms with Gasteiger partial charge in [-0.15, -0.1) is 10.2 Å². The molecule has 0 saturated carbocycles. The molecule has 22 heavy (non-hydrogen) atoms. The number of nitrogens with zero attached hydrogens (tertiary/aromatic N) is 3. The standard InChI is InChI=1S/C14H10N4O4/c1-7-9(6-15)12(19)16-13(20)11(7)18-17-10-5-3-2-4-8(10)14(21)22/h2-5H,1H3,(H,21,22)(H2,16,19,20). The number of H-pyrrole nitrogens is 1. The predicted molar refractivity (Wildman–Crippen MR) is 75.8 cm³/mol. The van der Waals surface area contributed by atoms with Crippen molar-refractivity contribution < 1.29 is 15.0 Å². The molecule has 0 fully saturated rings. The number of pyridine rings is 1. The van der Waals surface area contributed by atoms with E-state index < -0.39 is 17.4 Å². The molecular weight excluding hydrogens is 288 g/mol. The zero-order chi connectivity index (χ0) is 16.3. The summed E-state index contributed by atoms with van der Waals surface area (Å²) in [5.74, 6) is -1.72. The fourth-order valence-electron chi connectivity index (χ4n) is 1.80. The molecule has 8 nitrogen and oxygen atoms in total. The first-order valence-corrected chi connectivity index (χ1v) is 6.05. The fraction of sp³-hybridized carbons (Fsp3) is 0.0714. The number of hydrogen-bond acceptors (Lipinski definition) is 6. The monoisotopic (exact) mass is 298 g/mol. The Morgan fingerprint density at radius 2 is 2.00 bits per heavy atom. The van der Waals surface area contributed by atoms with Crippen molar-refractivity contribution in [2.24, 2.45) is 10.2 Å². The summed E-state index contributed by atoms with van der Waals surface area (Å²) in [6.07, 6.45) is 0. The van der Waals surface area contributed by atoms with E-state index in [1.54, 1.807) is 12.1 Å². The van der Waals surface area contributed by atoms with Crippen LogP contribution in [0.4, 0.5) is 11.4 Å². The first kappa shape index (κ1) is 14.9. The van der Waals surface area contributed by atoms with Crippen LogP contribution in [0.25, 0.3) is 0 Å². The molecule has 0 saturated heterocycles. The molecule has 0 aliphatic rings. The van der Waals surface area contributed by atoms with E-state index >= 15 is 0 Å². The zero-order valence-corrected chi connectivity index (χ0v) is 11.4. The minimum Gasteiger partial charge on any atom is -0.494 e. The molecule has 0 aliphatic carbocycles. The Balaban J connectivity index is 2.56. The Morgan fingerprint density at radius 3 is 2.64 bits per heavy atom. The summed E-state index contributed by atoms with van der Waals surface area (Å²) in [4.78, 5) is 24.9. The Bertz CT molecular complexity index is 877. The molecule has 0 bridgehead atoms. The number of carbonyl (C=O) groups is 1. The fourth-order valence-corrected chi connectivity index (χ4v) is 1.80. The molecule has 0 aliphatic heterocycles. The molecule has 3 N–H and O–H groups in total. The molecule has 2 rings (SSSR count). The number of nitriles is 1. The molecule has 0 atom stereocenters. The van der Waals surface area contributed by atoms with Crippen molar-refractivity contribution in [3.8, 4) is 11.9 Å². The lowest BCUT2D eigenvalue weighted by atomic mass is 10.1. The van der Waals surface area contributed by atoms with Gasteiger partial charge in [-0.1, -0.05) is 12.1 Å². The number of nitrogens with one attached hydrogen (secondary N) is 1. The van der Waals surface area contributed by atoms with Gasteiger partial charge in [0.25, 0.3) is 5.56 Å². The van der Waals surface area contributed by atoms with E-state index in [1.807, 2.05) is 0 Å². The lowest BCUT2D eigenvalue weighted by Crippen LogP contribution is -2.08. The third-order valence-electron chi connectivity index (χ3n) is 2.92.